The van der Waals surface area contributed by atoms with Crippen LogP contribution in [0.5, 0.6) is 0 Å². The monoisotopic (exact) mass is 382 g/mol. The first kappa shape index (κ1) is 18.7. The van der Waals surface area contributed by atoms with E-state index in [1.165, 1.54) is 12.1 Å². The van der Waals surface area contributed by atoms with Gasteiger partial charge in [-0.3, -0.25) is 14.9 Å². The number of ether oxygens (including phenoxy) is 1. The zero-order chi connectivity index (χ0) is 18.6. The molecule has 0 bridgehead atoms. The maximum absolute atomic E-state index is 12.0. The van der Waals surface area contributed by atoms with Gasteiger partial charge in [0.2, 0.25) is 0 Å². The highest BCUT2D eigenvalue weighted by molar-refractivity contribution is 6.32. The minimum absolute atomic E-state index is 0.109. The molecule has 0 fully saturated rings. The van der Waals surface area contributed by atoms with Crippen LogP contribution in [0.25, 0.3) is 0 Å². The molecule has 2 aromatic carbocycles. The summed E-state index contributed by atoms with van der Waals surface area (Å²) in [5.74, 6) is -1.60. The Morgan fingerprint density at radius 3 is 2.64 bits per heavy atom. The van der Waals surface area contributed by atoms with Crippen LogP contribution in [0.3, 0.4) is 0 Å². The van der Waals surface area contributed by atoms with Crippen LogP contribution < -0.4 is 5.32 Å². The van der Waals surface area contributed by atoms with Crippen molar-refractivity contribution in [3.05, 3.63) is 67.7 Å². The van der Waals surface area contributed by atoms with E-state index in [-0.39, 0.29) is 10.6 Å². The largest absolute Gasteiger partial charge is 0.452 e. The number of hydrogen-bond donors (Lipinski definition) is 1. The fraction of sp³-hybridized carbons (Fsp3) is 0.125. The van der Waals surface area contributed by atoms with E-state index in [4.69, 9.17) is 27.9 Å². The lowest BCUT2D eigenvalue weighted by Gasteiger charge is -2.10. The summed E-state index contributed by atoms with van der Waals surface area (Å²) in [7, 11) is 0. The molecule has 130 valence electrons. The van der Waals surface area contributed by atoms with Crippen molar-refractivity contribution in [1.82, 2.24) is 0 Å². The van der Waals surface area contributed by atoms with Gasteiger partial charge in [-0.2, -0.15) is 0 Å². The van der Waals surface area contributed by atoms with Crippen LogP contribution >= 0.6 is 23.2 Å². The first-order chi connectivity index (χ1) is 11.8. The summed E-state index contributed by atoms with van der Waals surface area (Å²) in [5, 5.41) is 14.1. The molecular formula is C16H12Cl2N2O5. The lowest BCUT2D eigenvalue weighted by atomic mass is 10.2. The van der Waals surface area contributed by atoms with E-state index in [1.807, 2.05) is 0 Å². The van der Waals surface area contributed by atoms with Crippen molar-refractivity contribution < 1.29 is 19.2 Å². The SMILES string of the molecule is Cc1c(Cl)cccc1NC(=O)COC(=O)c1ccc(Cl)cc1[N+](=O)[O-]. The summed E-state index contributed by atoms with van der Waals surface area (Å²) in [6, 6.07) is 8.50. The van der Waals surface area contributed by atoms with Crippen molar-refractivity contribution in [2.24, 2.45) is 0 Å². The molecule has 7 nitrogen and oxygen atoms in total. The van der Waals surface area contributed by atoms with Crippen molar-refractivity contribution in [1.29, 1.82) is 0 Å². The zero-order valence-corrected chi connectivity index (χ0v) is 14.4. The van der Waals surface area contributed by atoms with Gasteiger partial charge >= 0.3 is 5.97 Å². The number of halogens is 2. The first-order valence-corrected chi connectivity index (χ1v) is 7.71. The second-order valence-electron chi connectivity index (χ2n) is 4.96. The molecule has 25 heavy (non-hydrogen) atoms. The Balaban J connectivity index is 2.04. The molecule has 9 heteroatoms. The zero-order valence-electron chi connectivity index (χ0n) is 12.9. The number of carbonyl (C=O) groups excluding carboxylic acids is 2. The second kappa shape index (κ2) is 7.96. The van der Waals surface area contributed by atoms with Gasteiger partial charge in [0, 0.05) is 21.8 Å². The maximum Gasteiger partial charge on any atom is 0.345 e. The highest BCUT2D eigenvalue weighted by Gasteiger charge is 2.22. The Morgan fingerprint density at radius 2 is 1.96 bits per heavy atom. The summed E-state index contributed by atoms with van der Waals surface area (Å²) < 4.78 is 4.83. The Hall–Kier alpha value is -2.64. The smallest absolute Gasteiger partial charge is 0.345 e. The number of nitro benzene ring substituents is 1. The molecule has 0 radical (unpaired) electrons. The summed E-state index contributed by atoms with van der Waals surface area (Å²) in [6.07, 6.45) is 0. The van der Waals surface area contributed by atoms with Crippen molar-refractivity contribution in [2.75, 3.05) is 11.9 Å². The number of amides is 1. The van der Waals surface area contributed by atoms with E-state index in [2.05, 4.69) is 5.32 Å². The van der Waals surface area contributed by atoms with Gasteiger partial charge in [0.15, 0.2) is 6.61 Å². The number of esters is 1. The third kappa shape index (κ3) is 4.68. The molecule has 0 spiro atoms. The molecule has 0 aromatic heterocycles. The summed E-state index contributed by atoms with van der Waals surface area (Å²) in [5.41, 5.74) is 0.355. The van der Waals surface area contributed by atoms with Crippen LogP contribution in [0.15, 0.2) is 36.4 Å². The van der Waals surface area contributed by atoms with Gasteiger partial charge < -0.3 is 10.1 Å². The van der Waals surface area contributed by atoms with E-state index >= 15 is 0 Å². The fourth-order valence-electron chi connectivity index (χ4n) is 1.97. The topological polar surface area (TPSA) is 98.5 Å². The number of benzene rings is 2. The number of carbonyl (C=O) groups is 2. The van der Waals surface area contributed by atoms with Gasteiger partial charge in [-0.25, -0.2) is 4.79 Å². The maximum atomic E-state index is 12.0. The first-order valence-electron chi connectivity index (χ1n) is 6.95. The normalized spacial score (nSPS) is 10.2. The standard InChI is InChI=1S/C16H12Cl2N2O5/c1-9-12(18)3-2-4-13(9)19-15(21)8-25-16(22)11-6-5-10(17)7-14(11)20(23)24/h2-7H,8H2,1H3,(H,19,21). The Bertz CT molecular complexity index is 854. The molecule has 0 aliphatic rings. The van der Waals surface area contributed by atoms with Gasteiger partial charge in [0.05, 0.1) is 4.92 Å². The van der Waals surface area contributed by atoms with E-state index in [0.717, 1.165) is 6.07 Å². The average molecular weight is 383 g/mol. The molecule has 0 heterocycles. The van der Waals surface area contributed by atoms with E-state index < -0.39 is 29.1 Å². The number of hydrogen-bond acceptors (Lipinski definition) is 5. The van der Waals surface area contributed by atoms with Crippen molar-refractivity contribution in [3.8, 4) is 0 Å². The number of nitrogens with zero attached hydrogens (tertiary/aromatic N) is 1. The molecule has 1 amide bonds. The molecule has 0 aliphatic carbocycles. The average Bonchev–Trinajstić information content (AvgIpc) is 2.56. The predicted molar refractivity (Wildman–Crippen MR) is 93.2 cm³/mol. The van der Waals surface area contributed by atoms with Crippen LogP contribution in [-0.2, 0) is 9.53 Å². The Kier molecular flexibility index (Phi) is 5.95. The lowest BCUT2D eigenvalue weighted by Crippen LogP contribution is -2.21. The van der Waals surface area contributed by atoms with Crippen molar-refractivity contribution in [2.45, 2.75) is 6.92 Å². The Labute approximate surface area is 152 Å². The molecular weight excluding hydrogens is 371 g/mol. The van der Waals surface area contributed by atoms with Crippen LogP contribution in [0.2, 0.25) is 10.0 Å². The van der Waals surface area contributed by atoms with Crippen LogP contribution in [0.4, 0.5) is 11.4 Å². The van der Waals surface area contributed by atoms with Gasteiger partial charge in [-0.15, -0.1) is 0 Å². The minimum Gasteiger partial charge on any atom is -0.452 e. The molecule has 0 saturated carbocycles. The molecule has 0 aliphatic heterocycles. The number of nitro groups is 1. The van der Waals surface area contributed by atoms with E-state index in [9.17, 15) is 19.7 Å². The Morgan fingerprint density at radius 1 is 1.24 bits per heavy atom. The lowest BCUT2D eigenvalue weighted by molar-refractivity contribution is -0.385. The van der Waals surface area contributed by atoms with Crippen LogP contribution in [-0.4, -0.2) is 23.4 Å². The fourth-order valence-corrected chi connectivity index (χ4v) is 2.31. The number of rotatable bonds is 5. The highest BCUT2D eigenvalue weighted by atomic mass is 35.5. The molecule has 1 N–H and O–H groups in total. The summed E-state index contributed by atoms with van der Waals surface area (Å²) >= 11 is 11.6. The number of nitrogens with one attached hydrogen (secondary N) is 1. The summed E-state index contributed by atoms with van der Waals surface area (Å²) in [4.78, 5) is 34.1. The molecule has 0 saturated heterocycles. The van der Waals surface area contributed by atoms with Crippen LogP contribution in [0.1, 0.15) is 15.9 Å². The van der Waals surface area contributed by atoms with E-state index in [0.29, 0.717) is 16.3 Å². The third-order valence-corrected chi connectivity index (χ3v) is 3.90. The quantitative estimate of drug-likeness (QED) is 0.478. The van der Waals surface area contributed by atoms with Gasteiger partial charge in [-0.1, -0.05) is 29.3 Å². The van der Waals surface area contributed by atoms with Gasteiger partial charge in [-0.05, 0) is 36.8 Å². The molecule has 0 unspecified atom stereocenters. The van der Waals surface area contributed by atoms with Crippen LogP contribution in [0, 0.1) is 17.0 Å². The van der Waals surface area contributed by atoms with Gasteiger partial charge in [0.25, 0.3) is 11.6 Å². The minimum atomic E-state index is -0.999. The molecule has 0 atom stereocenters. The van der Waals surface area contributed by atoms with Crippen molar-refractivity contribution in [3.63, 3.8) is 0 Å². The molecule has 2 rings (SSSR count). The second-order valence-corrected chi connectivity index (χ2v) is 5.80. The predicted octanol–water partition coefficient (Wildman–Crippen LogP) is 4.01. The van der Waals surface area contributed by atoms with E-state index in [1.54, 1.807) is 25.1 Å². The molecule has 2 aromatic rings. The third-order valence-electron chi connectivity index (χ3n) is 3.25. The number of anilines is 1. The summed E-state index contributed by atoms with van der Waals surface area (Å²) in [6.45, 7) is 1.12. The van der Waals surface area contributed by atoms with Gasteiger partial charge in [0.1, 0.15) is 5.56 Å². The highest BCUT2D eigenvalue weighted by Crippen LogP contribution is 2.24. The van der Waals surface area contributed by atoms with Crippen molar-refractivity contribution >= 4 is 46.5 Å².